The number of urea groups is 1. The molecule has 3 aromatic rings. The van der Waals surface area contributed by atoms with Gasteiger partial charge in [-0.05, 0) is 24.1 Å². The minimum atomic E-state index is -0.0693. The zero-order chi connectivity index (χ0) is 16.1. The molecule has 0 aliphatic heterocycles. The van der Waals surface area contributed by atoms with Crippen molar-refractivity contribution in [1.29, 1.82) is 0 Å². The highest BCUT2D eigenvalue weighted by atomic mass is 32.1. The highest BCUT2D eigenvalue weighted by Crippen LogP contribution is 2.22. The fourth-order valence-electron chi connectivity index (χ4n) is 2.36. The molecule has 5 heteroatoms. The number of amides is 2. The normalized spacial score (nSPS) is 10.7. The summed E-state index contributed by atoms with van der Waals surface area (Å²) >= 11 is 1.63. The second kappa shape index (κ2) is 7.24. The maximum absolute atomic E-state index is 12.1. The van der Waals surface area contributed by atoms with Gasteiger partial charge in [-0.25, -0.2) is 9.78 Å². The minimum Gasteiger partial charge on any atom is -0.338 e. The number of fused-ring (bicyclic) bond motifs is 1. The summed E-state index contributed by atoms with van der Waals surface area (Å²) in [6, 6.07) is 18.1. The molecular weight excluding hydrogens is 306 g/mol. The SMILES string of the molecule is CN(Cc1nc2ccccc2s1)C(=O)NCCc1ccccc1. The summed E-state index contributed by atoms with van der Waals surface area (Å²) < 4.78 is 1.15. The summed E-state index contributed by atoms with van der Waals surface area (Å²) in [5.41, 5.74) is 2.21. The van der Waals surface area contributed by atoms with Crippen LogP contribution in [0, 0.1) is 0 Å². The Labute approximate surface area is 139 Å². The second-order valence-corrected chi connectivity index (χ2v) is 6.51. The summed E-state index contributed by atoms with van der Waals surface area (Å²) in [6.07, 6.45) is 0.835. The Morgan fingerprint density at radius 1 is 1.13 bits per heavy atom. The fraction of sp³-hybridized carbons (Fsp3) is 0.222. The van der Waals surface area contributed by atoms with Crippen molar-refractivity contribution >= 4 is 27.6 Å². The molecule has 23 heavy (non-hydrogen) atoms. The van der Waals surface area contributed by atoms with Crippen LogP contribution in [-0.4, -0.2) is 29.5 Å². The van der Waals surface area contributed by atoms with Gasteiger partial charge in [0.2, 0.25) is 0 Å². The first kappa shape index (κ1) is 15.5. The van der Waals surface area contributed by atoms with Gasteiger partial charge in [0.25, 0.3) is 0 Å². The van der Waals surface area contributed by atoms with E-state index in [1.54, 1.807) is 23.3 Å². The molecule has 0 unspecified atom stereocenters. The third kappa shape index (κ3) is 4.07. The summed E-state index contributed by atoms with van der Waals surface area (Å²) in [6.45, 7) is 1.16. The maximum Gasteiger partial charge on any atom is 0.317 e. The van der Waals surface area contributed by atoms with Crippen LogP contribution in [0.25, 0.3) is 10.2 Å². The summed E-state index contributed by atoms with van der Waals surface area (Å²) in [4.78, 5) is 18.4. The molecule has 0 fully saturated rings. The van der Waals surface area contributed by atoms with Gasteiger partial charge in [-0.2, -0.15) is 0 Å². The van der Waals surface area contributed by atoms with Crippen LogP contribution in [0.4, 0.5) is 4.79 Å². The third-order valence-corrected chi connectivity index (χ3v) is 4.61. The third-order valence-electron chi connectivity index (χ3n) is 3.59. The summed E-state index contributed by atoms with van der Waals surface area (Å²) in [7, 11) is 1.80. The number of benzene rings is 2. The number of aromatic nitrogens is 1. The van der Waals surface area contributed by atoms with Gasteiger partial charge in [0.05, 0.1) is 16.8 Å². The molecule has 0 radical (unpaired) electrons. The Kier molecular flexibility index (Phi) is 4.88. The lowest BCUT2D eigenvalue weighted by atomic mass is 10.1. The smallest absolute Gasteiger partial charge is 0.317 e. The van der Waals surface area contributed by atoms with E-state index in [9.17, 15) is 4.79 Å². The average molecular weight is 325 g/mol. The molecule has 3 rings (SSSR count). The number of carbonyl (C=O) groups is 1. The molecule has 1 aromatic heterocycles. The van der Waals surface area contributed by atoms with Gasteiger partial charge in [-0.1, -0.05) is 42.5 Å². The van der Waals surface area contributed by atoms with E-state index in [1.807, 2.05) is 36.4 Å². The Hall–Kier alpha value is -2.40. The molecule has 2 amide bonds. The molecule has 4 nitrogen and oxygen atoms in total. The topological polar surface area (TPSA) is 45.2 Å². The van der Waals surface area contributed by atoms with E-state index < -0.39 is 0 Å². The van der Waals surface area contributed by atoms with E-state index >= 15 is 0 Å². The quantitative estimate of drug-likeness (QED) is 0.778. The van der Waals surface area contributed by atoms with Crippen LogP contribution in [0.3, 0.4) is 0 Å². The van der Waals surface area contributed by atoms with Crippen molar-refractivity contribution in [1.82, 2.24) is 15.2 Å². The standard InChI is InChI=1S/C18H19N3OS/c1-21(13-17-20-15-9-5-6-10-16(15)23-17)18(22)19-12-11-14-7-3-2-4-8-14/h2-10H,11-13H2,1H3,(H,19,22). The van der Waals surface area contributed by atoms with Crippen molar-refractivity contribution in [3.63, 3.8) is 0 Å². The largest absolute Gasteiger partial charge is 0.338 e. The zero-order valence-corrected chi connectivity index (χ0v) is 13.8. The first-order chi connectivity index (χ1) is 11.2. The van der Waals surface area contributed by atoms with Crippen LogP contribution in [0.1, 0.15) is 10.6 Å². The summed E-state index contributed by atoms with van der Waals surface area (Å²) in [5, 5.41) is 3.90. The van der Waals surface area contributed by atoms with E-state index in [0.29, 0.717) is 13.1 Å². The molecule has 0 aliphatic rings. The molecule has 0 bridgehead atoms. The monoisotopic (exact) mass is 325 g/mol. The molecular formula is C18H19N3OS. The van der Waals surface area contributed by atoms with Gasteiger partial charge in [-0.3, -0.25) is 0 Å². The first-order valence-electron chi connectivity index (χ1n) is 7.60. The van der Waals surface area contributed by atoms with Crippen LogP contribution < -0.4 is 5.32 Å². The van der Waals surface area contributed by atoms with E-state index in [0.717, 1.165) is 21.6 Å². The molecule has 118 valence electrons. The number of hydrogen-bond donors (Lipinski definition) is 1. The number of nitrogens with zero attached hydrogens (tertiary/aromatic N) is 2. The second-order valence-electron chi connectivity index (χ2n) is 5.40. The Morgan fingerprint density at radius 2 is 1.87 bits per heavy atom. The van der Waals surface area contributed by atoms with Crippen molar-refractivity contribution in [2.75, 3.05) is 13.6 Å². The van der Waals surface area contributed by atoms with Gasteiger partial charge in [0.1, 0.15) is 5.01 Å². The van der Waals surface area contributed by atoms with Crippen molar-refractivity contribution in [3.8, 4) is 0 Å². The van der Waals surface area contributed by atoms with Gasteiger partial charge < -0.3 is 10.2 Å². The zero-order valence-electron chi connectivity index (χ0n) is 13.0. The van der Waals surface area contributed by atoms with E-state index in [2.05, 4.69) is 28.5 Å². The van der Waals surface area contributed by atoms with Crippen LogP contribution in [-0.2, 0) is 13.0 Å². The van der Waals surface area contributed by atoms with Gasteiger partial charge in [0.15, 0.2) is 0 Å². The molecule has 0 spiro atoms. The molecule has 0 aliphatic carbocycles. The van der Waals surface area contributed by atoms with Crippen LogP contribution >= 0.6 is 11.3 Å². The number of para-hydroxylation sites is 1. The maximum atomic E-state index is 12.1. The minimum absolute atomic E-state index is 0.0693. The van der Waals surface area contributed by atoms with Crippen LogP contribution in [0.15, 0.2) is 54.6 Å². The Balaban J connectivity index is 1.51. The molecule has 1 heterocycles. The van der Waals surface area contributed by atoms with Gasteiger partial charge >= 0.3 is 6.03 Å². The average Bonchev–Trinajstić information content (AvgIpc) is 2.98. The van der Waals surface area contributed by atoms with E-state index in [1.165, 1.54) is 5.56 Å². The first-order valence-corrected chi connectivity index (χ1v) is 8.41. The lowest BCUT2D eigenvalue weighted by molar-refractivity contribution is 0.207. The number of thiazole rings is 1. The van der Waals surface area contributed by atoms with Gasteiger partial charge in [-0.15, -0.1) is 11.3 Å². The predicted octanol–water partition coefficient (Wildman–Crippen LogP) is 3.68. The summed E-state index contributed by atoms with van der Waals surface area (Å²) in [5.74, 6) is 0. The molecule has 2 aromatic carbocycles. The molecule has 0 atom stereocenters. The van der Waals surface area contributed by atoms with Gasteiger partial charge in [0, 0.05) is 13.6 Å². The lowest BCUT2D eigenvalue weighted by Crippen LogP contribution is -2.37. The highest BCUT2D eigenvalue weighted by Gasteiger charge is 2.11. The van der Waals surface area contributed by atoms with Crippen molar-refractivity contribution in [2.45, 2.75) is 13.0 Å². The van der Waals surface area contributed by atoms with Crippen molar-refractivity contribution in [3.05, 3.63) is 65.2 Å². The van der Waals surface area contributed by atoms with Crippen molar-refractivity contribution < 1.29 is 4.79 Å². The number of nitrogens with one attached hydrogen (secondary N) is 1. The molecule has 0 saturated carbocycles. The number of hydrogen-bond acceptors (Lipinski definition) is 3. The van der Waals surface area contributed by atoms with E-state index in [-0.39, 0.29) is 6.03 Å². The predicted molar refractivity (Wildman–Crippen MR) is 94.6 cm³/mol. The van der Waals surface area contributed by atoms with E-state index in [4.69, 9.17) is 0 Å². The molecule has 1 N–H and O–H groups in total. The number of carbonyl (C=O) groups excluding carboxylic acids is 1. The van der Waals surface area contributed by atoms with Crippen molar-refractivity contribution in [2.24, 2.45) is 0 Å². The number of rotatable bonds is 5. The lowest BCUT2D eigenvalue weighted by Gasteiger charge is -2.16. The Bertz CT molecular complexity index is 752. The Morgan fingerprint density at radius 3 is 2.65 bits per heavy atom. The van der Waals surface area contributed by atoms with Crippen LogP contribution in [0.2, 0.25) is 0 Å². The van der Waals surface area contributed by atoms with Crippen LogP contribution in [0.5, 0.6) is 0 Å². The fourth-order valence-corrected chi connectivity index (χ4v) is 3.38. The highest BCUT2D eigenvalue weighted by molar-refractivity contribution is 7.18. The molecule has 0 saturated heterocycles.